The van der Waals surface area contributed by atoms with Crippen molar-refractivity contribution in [3.8, 4) is 0 Å². The molecule has 2 aliphatic carbocycles. The fraction of sp³-hybridized carbons (Fsp3) is 0.667. The lowest BCUT2D eigenvalue weighted by molar-refractivity contribution is -0.158. The van der Waals surface area contributed by atoms with E-state index in [1.807, 2.05) is 19.1 Å². The van der Waals surface area contributed by atoms with Gasteiger partial charge in [-0.05, 0) is 24.7 Å². The third kappa shape index (κ3) is 1.72. The zero-order valence-corrected chi connectivity index (χ0v) is 9.26. The lowest BCUT2D eigenvalue weighted by Gasteiger charge is -2.22. The highest BCUT2D eigenvalue weighted by Crippen LogP contribution is 2.48. The number of rotatable bonds is 4. The minimum absolute atomic E-state index is 0.0154. The predicted octanol–water partition coefficient (Wildman–Crippen LogP) is 1.46. The zero-order chi connectivity index (χ0) is 11.7. The maximum Gasteiger partial charge on any atom is 0.310 e. The first-order valence-corrected chi connectivity index (χ1v) is 5.73. The summed E-state index contributed by atoms with van der Waals surface area (Å²) in [6.07, 6.45) is 5.43. The minimum atomic E-state index is -0.879. The van der Waals surface area contributed by atoms with Crippen molar-refractivity contribution in [3.63, 3.8) is 0 Å². The molecule has 4 heteroatoms. The molecule has 0 aliphatic heterocycles. The van der Waals surface area contributed by atoms with Gasteiger partial charge in [-0.25, -0.2) is 0 Å². The molecule has 0 heterocycles. The van der Waals surface area contributed by atoms with Gasteiger partial charge >= 0.3 is 11.9 Å². The number of allylic oxidation sites excluding steroid dienone is 2. The van der Waals surface area contributed by atoms with E-state index in [2.05, 4.69) is 0 Å². The second-order valence-electron chi connectivity index (χ2n) is 4.51. The van der Waals surface area contributed by atoms with Gasteiger partial charge in [-0.15, -0.1) is 0 Å². The molecular formula is C12H16O4. The van der Waals surface area contributed by atoms with Crippen LogP contribution < -0.4 is 0 Å². The average molecular weight is 224 g/mol. The van der Waals surface area contributed by atoms with Crippen LogP contribution in [-0.2, 0) is 14.3 Å². The summed E-state index contributed by atoms with van der Waals surface area (Å²) in [5.41, 5.74) is 0. The summed E-state index contributed by atoms with van der Waals surface area (Å²) in [6.45, 7) is 2.30. The Morgan fingerprint density at radius 1 is 1.31 bits per heavy atom. The van der Waals surface area contributed by atoms with Gasteiger partial charge < -0.3 is 9.84 Å². The van der Waals surface area contributed by atoms with Crippen molar-refractivity contribution >= 4 is 11.9 Å². The Morgan fingerprint density at radius 2 is 1.94 bits per heavy atom. The standard InChI is InChI=1S/C12H16O4/c1-2-5-16-12(15)10-8-4-3-7(6-8)9(10)11(13)14/h3-4,7-10H,2,5-6H2,1H3,(H,13,14)/t7-,8-,9-,10-/m0/s1. The molecule has 0 unspecified atom stereocenters. The van der Waals surface area contributed by atoms with Crippen LogP contribution in [0.15, 0.2) is 12.2 Å². The van der Waals surface area contributed by atoms with Crippen LogP contribution in [0.1, 0.15) is 19.8 Å². The van der Waals surface area contributed by atoms with Crippen LogP contribution in [-0.4, -0.2) is 23.7 Å². The highest BCUT2D eigenvalue weighted by molar-refractivity contribution is 5.83. The van der Waals surface area contributed by atoms with Crippen molar-refractivity contribution in [2.75, 3.05) is 6.61 Å². The molecule has 0 aromatic heterocycles. The Morgan fingerprint density at radius 3 is 2.50 bits per heavy atom. The molecule has 2 aliphatic rings. The smallest absolute Gasteiger partial charge is 0.310 e. The SMILES string of the molecule is CCCOC(=O)[C@@H]1[C@@H](C(=O)O)[C@H]2C=C[C@H]1C2. The van der Waals surface area contributed by atoms with Gasteiger partial charge in [0.25, 0.3) is 0 Å². The van der Waals surface area contributed by atoms with Gasteiger partial charge in [0.2, 0.25) is 0 Å². The van der Waals surface area contributed by atoms with Crippen molar-refractivity contribution < 1.29 is 19.4 Å². The molecule has 88 valence electrons. The van der Waals surface area contributed by atoms with Gasteiger partial charge in [-0.3, -0.25) is 9.59 Å². The quantitative estimate of drug-likeness (QED) is 0.580. The van der Waals surface area contributed by atoms with E-state index in [-0.39, 0.29) is 17.8 Å². The fourth-order valence-corrected chi connectivity index (χ4v) is 2.78. The van der Waals surface area contributed by atoms with E-state index in [0.29, 0.717) is 6.61 Å². The number of fused-ring (bicyclic) bond motifs is 2. The molecule has 0 amide bonds. The normalized spacial score (nSPS) is 35.3. The molecule has 0 radical (unpaired) electrons. The second kappa shape index (κ2) is 4.28. The van der Waals surface area contributed by atoms with Crippen LogP contribution in [0.5, 0.6) is 0 Å². The first kappa shape index (κ1) is 11.2. The van der Waals surface area contributed by atoms with Crippen LogP contribution in [0.25, 0.3) is 0 Å². The van der Waals surface area contributed by atoms with Crippen LogP contribution in [0.2, 0.25) is 0 Å². The van der Waals surface area contributed by atoms with Crippen LogP contribution in [0.4, 0.5) is 0 Å². The molecular weight excluding hydrogens is 208 g/mol. The second-order valence-corrected chi connectivity index (χ2v) is 4.51. The van der Waals surface area contributed by atoms with Crippen molar-refractivity contribution in [2.24, 2.45) is 23.7 Å². The largest absolute Gasteiger partial charge is 0.481 e. The predicted molar refractivity (Wildman–Crippen MR) is 56.6 cm³/mol. The Balaban J connectivity index is 2.10. The molecule has 2 rings (SSSR count). The Hall–Kier alpha value is -1.32. The number of aliphatic carboxylic acids is 1. The van der Waals surface area contributed by atoms with Crippen molar-refractivity contribution in [2.45, 2.75) is 19.8 Å². The van der Waals surface area contributed by atoms with E-state index in [9.17, 15) is 9.59 Å². The van der Waals surface area contributed by atoms with Crippen molar-refractivity contribution in [1.82, 2.24) is 0 Å². The van der Waals surface area contributed by atoms with Crippen LogP contribution in [0, 0.1) is 23.7 Å². The fourth-order valence-electron chi connectivity index (χ4n) is 2.78. The number of carboxylic acid groups (broad SMARTS) is 1. The maximum atomic E-state index is 11.8. The lowest BCUT2D eigenvalue weighted by atomic mass is 9.83. The molecule has 1 fully saturated rings. The monoisotopic (exact) mass is 224 g/mol. The molecule has 1 N–H and O–H groups in total. The number of carboxylic acids is 1. The van der Waals surface area contributed by atoms with Crippen molar-refractivity contribution in [1.29, 1.82) is 0 Å². The summed E-state index contributed by atoms with van der Waals surface area (Å²) < 4.78 is 5.07. The molecule has 0 aromatic carbocycles. The zero-order valence-electron chi connectivity index (χ0n) is 9.26. The number of carbonyl (C=O) groups excluding carboxylic acids is 1. The molecule has 4 nitrogen and oxygen atoms in total. The van der Waals surface area contributed by atoms with Crippen LogP contribution in [0.3, 0.4) is 0 Å². The topological polar surface area (TPSA) is 63.6 Å². The number of hydrogen-bond acceptors (Lipinski definition) is 3. The minimum Gasteiger partial charge on any atom is -0.481 e. The van der Waals surface area contributed by atoms with E-state index in [4.69, 9.17) is 9.84 Å². The van der Waals surface area contributed by atoms with Gasteiger partial charge in [0.05, 0.1) is 18.4 Å². The number of ether oxygens (including phenoxy) is 1. The van der Waals surface area contributed by atoms with Crippen LogP contribution >= 0.6 is 0 Å². The summed E-state index contributed by atoms with van der Waals surface area (Å²) in [5, 5.41) is 9.14. The van der Waals surface area contributed by atoms with E-state index < -0.39 is 17.8 Å². The molecule has 4 atom stereocenters. The van der Waals surface area contributed by atoms with Gasteiger partial charge in [0.15, 0.2) is 0 Å². The van der Waals surface area contributed by atoms with Gasteiger partial charge in [-0.1, -0.05) is 19.1 Å². The summed E-state index contributed by atoms with van der Waals surface area (Å²) in [6, 6.07) is 0. The summed E-state index contributed by atoms with van der Waals surface area (Å²) >= 11 is 0. The van der Waals surface area contributed by atoms with E-state index in [1.54, 1.807) is 0 Å². The third-order valence-electron chi connectivity index (χ3n) is 3.47. The molecule has 1 saturated carbocycles. The van der Waals surface area contributed by atoms with Gasteiger partial charge in [0, 0.05) is 0 Å². The molecule has 16 heavy (non-hydrogen) atoms. The van der Waals surface area contributed by atoms with E-state index in [0.717, 1.165) is 12.8 Å². The highest BCUT2D eigenvalue weighted by atomic mass is 16.5. The van der Waals surface area contributed by atoms with Crippen molar-refractivity contribution in [3.05, 3.63) is 12.2 Å². The number of hydrogen-bond donors (Lipinski definition) is 1. The molecule has 2 bridgehead atoms. The number of carbonyl (C=O) groups is 2. The van der Waals surface area contributed by atoms with Gasteiger partial charge in [-0.2, -0.15) is 0 Å². The van der Waals surface area contributed by atoms with Gasteiger partial charge in [0.1, 0.15) is 0 Å². The first-order chi connectivity index (χ1) is 7.65. The Kier molecular flexibility index (Phi) is 2.99. The van der Waals surface area contributed by atoms with E-state index in [1.165, 1.54) is 0 Å². The first-order valence-electron chi connectivity index (χ1n) is 5.73. The number of esters is 1. The summed E-state index contributed by atoms with van der Waals surface area (Å²) in [4.78, 5) is 22.9. The molecule has 0 spiro atoms. The molecule has 0 aromatic rings. The Bertz CT molecular complexity index is 334. The highest BCUT2D eigenvalue weighted by Gasteiger charge is 2.52. The summed E-state index contributed by atoms with van der Waals surface area (Å²) in [7, 11) is 0. The lowest BCUT2D eigenvalue weighted by Crippen LogP contribution is -2.34. The third-order valence-corrected chi connectivity index (χ3v) is 3.47. The van der Waals surface area contributed by atoms with E-state index >= 15 is 0 Å². The summed E-state index contributed by atoms with van der Waals surface area (Å²) in [5.74, 6) is -2.20. The molecule has 0 saturated heterocycles. The maximum absolute atomic E-state index is 11.8. The Labute approximate surface area is 94.3 Å². The average Bonchev–Trinajstić information content (AvgIpc) is 2.84.